The quantitative estimate of drug-likeness (QED) is 0.0214. The Morgan fingerprint density at radius 2 is 0.798 bits per heavy atom. The number of primary amides is 2. The van der Waals surface area contributed by atoms with Crippen molar-refractivity contribution >= 4 is 115 Å². The number of hydrogen-bond donors (Lipinski definition) is 7. The topological polar surface area (TPSA) is 329 Å². The average molecular weight is 1520 g/mol. The monoisotopic (exact) mass is 1520 g/mol. The Kier molecular flexibility index (Phi) is 38.7. The number of carbonyl (C=O) groups is 8. The molecule has 0 aliphatic heterocycles. The minimum atomic E-state index is -1.02. The zero-order valence-corrected chi connectivity index (χ0v) is 63.2. The summed E-state index contributed by atoms with van der Waals surface area (Å²) in [6.45, 7) is 19.6. The van der Waals surface area contributed by atoms with Crippen molar-refractivity contribution in [3.05, 3.63) is 198 Å². The lowest BCUT2D eigenvalue weighted by Crippen LogP contribution is -2.43. The van der Waals surface area contributed by atoms with Gasteiger partial charge in [-0.3, -0.25) is 47.7 Å². The lowest BCUT2D eigenvalue weighted by Gasteiger charge is -2.20. The summed E-state index contributed by atoms with van der Waals surface area (Å²) < 4.78 is 56.8. The van der Waals surface area contributed by atoms with Crippen LogP contribution in [0.4, 0.5) is 17.6 Å². The largest absolute Gasteiger partial charge is 0.481 e. The molecule has 0 unspecified atom stereocenters. The van der Waals surface area contributed by atoms with Gasteiger partial charge in [0.15, 0.2) is 17.2 Å². The van der Waals surface area contributed by atoms with E-state index >= 15 is 0 Å². The zero-order valence-electron chi connectivity index (χ0n) is 60.1. The number of Topliss-reactive ketones (excluding diaryl/α,β-unsaturated/α-hetero) is 3. The highest BCUT2D eigenvalue weighted by Crippen LogP contribution is 2.26. The number of para-hydroxylation sites is 2. The molecule has 0 aliphatic rings. The third kappa shape index (κ3) is 30.2. The molecule has 0 fully saturated rings. The highest BCUT2D eigenvalue weighted by molar-refractivity contribution is 6.31. The van der Waals surface area contributed by atoms with Crippen LogP contribution in [0.3, 0.4) is 0 Å². The summed E-state index contributed by atoms with van der Waals surface area (Å²) in [5.41, 5.74) is 24.7. The van der Waals surface area contributed by atoms with Crippen LogP contribution < -0.4 is 28.3 Å². The summed E-state index contributed by atoms with van der Waals surface area (Å²) in [5, 5.41) is 29.4. The van der Waals surface area contributed by atoms with Gasteiger partial charge in [-0.15, -0.1) is 0 Å². The fourth-order valence-corrected chi connectivity index (χ4v) is 11.5. The van der Waals surface area contributed by atoms with E-state index < -0.39 is 65.0 Å². The Bertz CT molecular complexity index is 4110. The molecular formula is C77H95Cl4F4N9O10. The smallest absolute Gasteiger partial charge is 0.325 e. The fourth-order valence-electron chi connectivity index (χ4n) is 10.7. The normalized spacial score (nSPS) is 12.0. The van der Waals surface area contributed by atoms with E-state index in [4.69, 9.17) is 79.6 Å². The molecule has 4 atom stereocenters. The van der Waals surface area contributed by atoms with Gasteiger partial charge in [0.05, 0.1) is 49.1 Å². The molecule has 0 bridgehead atoms. The van der Waals surface area contributed by atoms with Crippen molar-refractivity contribution in [2.45, 2.75) is 165 Å². The van der Waals surface area contributed by atoms with Gasteiger partial charge in [-0.25, -0.2) is 17.6 Å². The first kappa shape index (κ1) is 89.6. The Hall–Kier alpha value is -8.58. The zero-order chi connectivity index (χ0) is 78.2. The Labute approximate surface area is 624 Å². The number of amides is 3. The molecule has 19 nitrogen and oxygen atoms in total. The maximum Gasteiger partial charge on any atom is 0.325 e. The number of halogens is 8. The SMILES string of the molecule is CC(C)C[C@H](C)C(=O)CCc1cccc(Cl)c1F.CC(C)C[C@H](C)C(=O)O.CC(C)C[C@H](N)C(=O)CCc1cccc(Cl)c1F.CC(C)C[C@H](NC(=O)Cn1nc(C(N)=O)c2ccccc21)C(=O)CCc1cccc(Cl)c1F.NC(=O)c1nn(CC(=O)O)c2ccccc12.NCc1cccc(Cl)c1F. The van der Waals surface area contributed by atoms with Crippen molar-refractivity contribution in [1.29, 1.82) is 0 Å². The van der Waals surface area contributed by atoms with E-state index in [-0.39, 0.29) is 105 Å². The van der Waals surface area contributed by atoms with E-state index in [1.165, 1.54) is 33.6 Å². The van der Waals surface area contributed by atoms with Gasteiger partial charge in [-0.1, -0.05) is 201 Å². The molecule has 8 rings (SSSR count). The standard InChI is InChI=1S/C24H26ClFN4O3.C15H20ClFO.C14H19ClFNO.C10H9N3O3.C7H7ClFN.C7H14O2/c1-14(2)12-18(20(31)11-10-15-6-5-8-17(25)22(15)26)28-21(32)13-30-19-9-4-3-7-16(19)23(29-30)24(27)33;1-10(2)9-11(3)14(18)8-7-12-5-4-6-13(16)15(12)17;1-9(2)8-12(17)13(18)7-6-10-4-3-5-11(15)14(10)16;11-10(16)9-6-3-1-2-4-7(6)13(12-9)5-8(14)15;8-6-3-1-2-5(4-10)7(6)9;1-5(2)4-6(3)7(8)9/h3-9,14,18H,10-13H2,1-2H3,(H2,27,33)(H,28,32);4-6,10-11H,7-9H2,1-3H3;3-5,9,12H,6-8,17H2,1-2H3;1-4H,5H2,(H2,11,16)(H,14,15);1-3H,4,10H2;5-6H,4H2,1-3H3,(H,8,9)/t18-;11-;12-;;;6-/m000..0/s1. The highest BCUT2D eigenvalue weighted by atomic mass is 35.5. The van der Waals surface area contributed by atoms with Gasteiger partial charge < -0.3 is 38.5 Å². The molecule has 0 spiro atoms. The third-order valence-electron chi connectivity index (χ3n) is 15.8. The van der Waals surface area contributed by atoms with Gasteiger partial charge >= 0.3 is 11.9 Å². The third-order valence-corrected chi connectivity index (χ3v) is 17.0. The highest BCUT2D eigenvalue weighted by Gasteiger charge is 2.25. The minimum absolute atomic E-state index is 0.00811. The summed E-state index contributed by atoms with van der Waals surface area (Å²) in [6, 6.07) is 31.8. The number of nitrogens with zero attached hydrogens (tertiary/aromatic N) is 4. The second kappa shape index (κ2) is 44.9. The first-order valence-corrected chi connectivity index (χ1v) is 35.4. The summed E-state index contributed by atoms with van der Waals surface area (Å²) in [6.07, 6.45) is 4.41. The van der Waals surface area contributed by atoms with Gasteiger partial charge in [0.2, 0.25) is 5.91 Å². The van der Waals surface area contributed by atoms with E-state index in [2.05, 4.69) is 29.4 Å². The van der Waals surface area contributed by atoms with Crippen molar-refractivity contribution in [3.8, 4) is 0 Å². The van der Waals surface area contributed by atoms with Gasteiger partial charge in [0.25, 0.3) is 11.8 Å². The van der Waals surface area contributed by atoms with Gasteiger partial charge in [-0.2, -0.15) is 10.2 Å². The first-order valence-electron chi connectivity index (χ1n) is 33.9. The molecule has 0 radical (unpaired) electrons. The Morgan fingerprint density at radius 1 is 0.452 bits per heavy atom. The number of nitrogens with two attached hydrogens (primary N) is 4. The molecular weight excluding hydrogens is 1430 g/mol. The summed E-state index contributed by atoms with van der Waals surface area (Å²) in [4.78, 5) is 93.0. The van der Waals surface area contributed by atoms with Crippen molar-refractivity contribution in [2.24, 2.45) is 58.4 Å². The van der Waals surface area contributed by atoms with Gasteiger partial charge in [0.1, 0.15) is 47.9 Å². The van der Waals surface area contributed by atoms with Crippen LogP contribution in [-0.2, 0) is 67.7 Å². The lowest BCUT2D eigenvalue weighted by molar-refractivity contribution is -0.141. The maximum atomic E-state index is 14.1. The van der Waals surface area contributed by atoms with E-state index in [0.29, 0.717) is 93.9 Å². The van der Waals surface area contributed by atoms with Crippen molar-refractivity contribution in [3.63, 3.8) is 0 Å². The second-order valence-electron chi connectivity index (χ2n) is 26.5. The summed E-state index contributed by atoms with van der Waals surface area (Å²) >= 11 is 22.7. The lowest BCUT2D eigenvalue weighted by atomic mass is 9.92. The molecule has 6 aromatic carbocycles. The van der Waals surface area contributed by atoms with Crippen LogP contribution in [-0.4, -0.2) is 88.9 Å². The molecule has 0 aliphatic carbocycles. The van der Waals surface area contributed by atoms with Gasteiger partial charge in [-0.05, 0) is 122 Å². The number of aliphatic carboxylic acids is 2. The summed E-state index contributed by atoms with van der Waals surface area (Å²) in [7, 11) is 0. The number of aryl methyl sites for hydroxylation is 3. The number of nitrogens with one attached hydrogen (secondary N) is 1. The number of aromatic nitrogens is 4. The molecule has 11 N–H and O–H groups in total. The van der Waals surface area contributed by atoms with Crippen LogP contribution >= 0.6 is 46.4 Å². The first-order chi connectivity index (χ1) is 48.9. The predicted molar refractivity (Wildman–Crippen MR) is 401 cm³/mol. The maximum absolute atomic E-state index is 14.1. The number of benzene rings is 6. The molecule has 8 aromatic rings. The number of carboxylic acid groups (broad SMARTS) is 2. The van der Waals surface area contributed by atoms with E-state index in [9.17, 15) is 55.9 Å². The molecule has 0 saturated heterocycles. The van der Waals surface area contributed by atoms with Crippen LogP contribution in [0.15, 0.2) is 121 Å². The average Bonchev–Trinajstić information content (AvgIpc) is 1.65. The van der Waals surface area contributed by atoms with Crippen molar-refractivity contribution in [2.75, 3.05) is 0 Å². The number of hydrogen-bond acceptors (Lipinski definition) is 12. The number of carbonyl (C=O) groups excluding carboxylic acids is 6. The molecule has 104 heavy (non-hydrogen) atoms. The number of rotatable bonds is 29. The molecule has 0 saturated carbocycles. The molecule has 27 heteroatoms. The van der Waals surface area contributed by atoms with Crippen LogP contribution in [0.1, 0.15) is 157 Å². The van der Waals surface area contributed by atoms with Crippen LogP contribution in [0.25, 0.3) is 21.8 Å². The fraction of sp³-hybridized carbons (Fsp3) is 0.403. The second-order valence-corrected chi connectivity index (χ2v) is 28.1. The van der Waals surface area contributed by atoms with Crippen LogP contribution in [0.5, 0.6) is 0 Å². The summed E-state index contributed by atoms with van der Waals surface area (Å²) in [5.74, 6) is -3.93. The minimum Gasteiger partial charge on any atom is -0.481 e. The molecule has 564 valence electrons. The number of fused-ring (bicyclic) bond motifs is 2. The molecule has 2 heterocycles. The Balaban J connectivity index is 0.000000343. The number of ketones is 3. The van der Waals surface area contributed by atoms with E-state index in [0.717, 1.165) is 12.8 Å². The molecule has 2 aromatic heterocycles. The Morgan fingerprint density at radius 3 is 1.14 bits per heavy atom. The molecule has 3 amide bonds. The van der Waals surface area contributed by atoms with E-state index in [1.54, 1.807) is 104 Å². The van der Waals surface area contributed by atoms with E-state index in [1.807, 2.05) is 48.5 Å². The number of carboxylic acids is 2. The van der Waals surface area contributed by atoms with Gasteiger partial charge in [0, 0.05) is 48.1 Å². The van der Waals surface area contributed by atoms with Crippen molar-refractivity contribution in [1.82, 2.24) is 24.9 Å². The van der Waals surface area contributed by atoms with Crippen LogP contribution in [0.2, 0.25) is 20.1 Å². The van der Waals surface area contributed by atoms with Crippen LogP contribution in [0, 0.1) is 58.8 Å². The van der Waals surface area contributed by atoms with Crippen molar-refractivity contribution < 1.29 is 66.1 Å². The predicted octanol–water partition coefficient (Wildman–Crippen LogP) is 15.6.